The first-order chi connectivity index (χ1) is 15.1. The lowest BCUT2D eigenvalue weighted by Gasteiger charge is -2.18. The van der Waals surface area contributed by atoms with E-state index in [1.54, 1.807) is 0 Å². The fourth-order valence-electron chi connectivity index (χ4n) is 3.73. The fraction of sp³-hybridized carbons (Fsp3) is 0.962. The lowest BCUT2D eigenvalue weighted by Crippen LogP contribution is -2.21. The molecule has 0 amide bonds. The maximum Gasteiger partial charge on any atom is 0.305 e. The van der Waals surface area contributed by atoms with Crippen LogP contribution in [0.3, 0.4) is 0 Å². The molecule has 0 radical (unpaired) electrons. The number of aliphatic hydroxyl groups excluding tert-OH is 2. The summed E-state index contributed by atoms with van der Waals surface area (Å²) in [7, 11) is 0. The van der Waals surface area contributed by atoms with Gasteiger partial charge in [-0.1, -0.05) is 97.3 Å². The van der Waals surface area contributed by atoms with E-state index in [-0.39, 0.29) is 19.2 Å². The molecule has 186 valence electrons. The van der Waals surface area contributed by atoms with Crippen molar-refractivity contribution in [3.05, 3.63) is 0 Å². The Bertz CT molecular complexity index is 363. The molecular weight excluding hydrogens is 392 g/mol. The van der Waals surface area contributed by atoms with E-state index in [0.29, 0.717) is 12.5 Å². The maximum absolute atomic E-state index is 11.5. The summed E-state index contributed by atoms with van der Waals surface area (Å²) < 4.78 is 11.1. The smallest absolute Gasteiger partial charge is 0.305 e. The van der Waals surface area contributed by atoms with Gasteiger partial charge in [-0.3, -0.25) is 4.79 Å². The van der Waals surface area contributed by atoms with Crippen LogP contribution in [-0.4, -0.2) is 48.2 Å². The third-order valence-electron chi connectivity index (χ3n) is 5.79. The van der Waals surface area contributed by atoms with Crippen molar-refractivity contribution in [2.24, 2.45) is 0 Å². The van der Waals surface area contributed by atoms with Crippen molar-refractivity contribution in [1.29, 1.82) is 0 Å². The number of hydrogen-bond acceptors (Lipinski definition) is 5. The second-order valence-corrected chi connectivity index (χ2v) is 8.94. The van der Waals surface area contributed by atoms with Gasteiger partial charge in [-0.2, -0.15) is 0 Å². The van der Waals surface area contributed by atoms with Crippen LogP contribution in [-0.2, 0) is 14.3 Å². The second kappa shape index (κ2) is 24.0. The number of carbonyl (C=O) groups is 1. The summed E-state index contributed by atoms with van der Waals surface area (Å²) in [5, 5.41) is 17.8. The predicted octanol–water partition coefficient (Wildman–Crippen LogP) is 6.33. The standard InChI is InChI=1S/C26H52O5/c1-3-5-7-14-18-25(30-21-17-6-4-2)19-15-12-10-8-9-11-13-16-20-26(29)31-23-24(28)22-27/h24-25,27-28H,3-23H2,1-2H3. The van der Waals surface area contributed by atoms with Crippen LogP contribution in [0.15, 0.2) is 0 Å². The van der Waals surface area contributed by atoms with E-state index in [1.165, 1.54) is 89.9 Å². The highest BCUT2D eigenvalue weighted by atomic mass is 16.5. The molecule has 0 saturated heterocycles. The summed E-state index contributed by atoms with van der Waals surface area (Å²) in [6.45, 7) is 4.95. The highest BCUT2D eigenvalue weighted by Crippen LogP contribution is 2.17. The molecule has 0 saturated carbocycles. The van der Waals surface area contributed by atoms with Gasteiger partial charge in [0.2, 0.25) is 0 Å². The van der Waals surface area contributed by atoms with Crippen LogP contribution in [0.25, 0.3) is 0 Å². The second-order valence-electron chi connectivity index (χ2n) is 8.94. The Morgan fingerprint density at radius 2 is 1.26 bits per heavy atom. The SMILES string of the molecule is CCCCCCC(CCCCCCCCCCC(=O)OCC(O)CO)OCCCCC. The molecule has 0 spiro atoms. The Kier molecular flexibility index (Phi) is 23.5. The highest BCUT2D eigenvalue weighted by Gasteiger charge is 2.09. The zero-order valence-electron chi connectivity index (χ0n) is 20.6. The van der Waals surface area contributed by atoms with Crippen LogP contribution in [0.1, 0.15) is 129 Å². The molecule has 0 aromatic heterocycles. The largest absolute Gasteiger partial charge is 0.463 e. The molecule has 0 fully saturated rings. The van der Waals surface area contributed by atoms with Crippen LogP contribution in [0.4, 0.5) is 0 Å². The van der Waals surface area contributed by atoms with Crippen molar-refractivity contribution < 1.29 is 24.5 Å². The summed E-state index contributed by atoms with van der Waals surface area (Å²) in [6.07, 6.45) is 20.8. The van der Waals surface area contributed by atoms with Gasteiger partial charge in [0.25, 0.3) is 0 Å². The van der Waals surface area contributed by atoms with E-state index in [4.69, 9.17) is 19.7 Å². The van der Waals surface area contributed by atoms with Crippen molar-refractivity contribution >= 4 is 5.97 Å². The predicted molar refractivity (Wildman–Crippen MR) is 128 cm³/mol. The molecule has 0 aliphatic carbocycles. The molecule has 2 unspecified atom stereocenters. The van der Waals surface area contributed by atoms with E-state index < -0.39 is 6.10 Å². The van der Waals surface area contributed by atoms with Gasteiger partial charge in [0, 0.05) is 13.0 Å². The van der Waals surface area contributed by atoms with Gasteiger partial charge < -0.3 is 19.7 Å². The van der Waals surface area contributed by atoms with E-state index in [0.717, 1.165) is 25.9 Å². The summed E-state index contributed by atoms with van der Waals surface area (Å²) in [4.78, 5) is 11.5. The highest BCUT2D eigenvalue weighted by molar-refractivity contribution is 5.69. The number of unbranched alkanes of at least 4 members (excludes halogenated alkanes) is 12. The minimum Gasteiger partial charge on any atom is -0.463 e. The van der Waals surface area contributed by atoms with Gasteiger partial charge in [0.05, 0.1) is 12.7 Å². The molecule has 0 aliphatic heterocycles. The third kappa shape index (κ3) is 22.3. The summed E-state index contributed by atoms with van der Waals surface area (Å²) in [5.41, 5.74) is 0. The topological polar surface area (TPSA) is 76.0 Å². The van der Waals surface area contributed by atoms with Crippen molar-refractivity contribution in [2.45, 2.75) is 142 Å². The molecule has 0 aliphatic rings. The lowest BCUT2D eigenvalue weighted by molar-refractivity contribution is -0.147. The van der Waals surface area contributed by atoms with E-state index in [2.05, 4.69) is 13.8 Å². The third-order valence-corrected chi connectivity index (χ3v) is 5.79. The normalized spacial score (nSPS) is 13.3. The molecule has 0 heterocycles. The van der Waals surface area contributed by atoms with E-state index in [1.807, 2.05) is 0 Å². The zero-order valence-corrected chi connectivity index (χ0v) is 20.6. The van der Waals surface area contributed by atoms with Gasteiger partial charge >= 0.3 is 5.97 Å². The Morgan fingerprint density at radius 3 is 1.84 bits per heavy atom. The van der Waals surface area contributed by atoms with E-state index >= 15 is 0 Å². The fourth-order valence-corrected chi connectivity index (χ4v) is 3.73. The first-order valence-electron chi connectivity index (χ1n) is 13.2. The molecule has 0 bridgehead atoms. The van der Waals surface area contributed by atoms with Crippen LogP contribution >= 0.6 is 0 Å². The van der Waals surface area contributed by atoms with Crippen molar-refractivity contribution in [1.82, 2.24) is 0 Å². The Balaban J connectivity index is 3.62. The number of ether oxygens (including phenoxy) is 2. The molecule has 2 N–H and O–H groups in total. The van der Waals surface area contributed by atoms with Gasteiger partial charge in [-0.05, 0) is 25.7 Å². The molecule has 0 rings (SSSR count). The minimum absolute atomic E-state index is 0.112. The molecule has 5 heteroatoms. The summed E-state index contributed by atoms with van der Waals surface area (Å²) >= 11 is 0. The maximum atomic E-state index is 11.5. The number of hydrogen-bond donors (Lipinski definition) is 2. The first-order valence-corrected chi connectivity index (χ1v) is 13.2. The van der Waals surface area contributed by atoms with Gasteiger partial charge in [0.1, 0.15) is 12.7 Å². The Morgan fingerprint density at radius 1 is 0.742 bits per heavy atom. The molecule has 0 aromatic carbocycles. The minimum atomic E-state index is -0.965. The molecule has 2 atom stereocenters. The molecule has 5 nitrogen and oxygen atoms in total. The van der Waals surface area contributed by atoms with Crippen LogP contribution in [0.5, 0.6) is 0 Å². The van der Waals surface area contributed by atoms with E-state index in [9.17, 15) is 4.79 Å². The lowest BCUT2D eigenvalue weighted by atomic mass is 10.0. The van der Waals surface area contributed by atoms with Crippen LogP contribution < -0.4 is 0 Å². The quantitative estimate of drug-likeness (QED) is 0.134. The Hall–Kier alpha value is -0.650. The average molecular weight is 445 g/mol. The van der Waals surface area contributed by atoms with Crippen LogP contribution in [0.2, 0.25) is 0 Å². The van der Waals surface area contributed by atoms with Gasteiger partial charge in [-0.25, -0.2) is 0 Å². The average Bonchev–Trinajstić information content (AvgIpc) is 2.78. The summed E-state index contributed by atoms with van der Waals surface area (Å²) in [6, 6.07) is 0. The van der Waals surface area contributed by atoms with Gasteiger partial charge in [0.15, 0.2) is 0 Å². The van der Waals surface area contributed by atoms with Crippen molar-refractivity contribution in [2.75, 3.05) is 19.8 Å². The molecular formula is C26H52O5. The zero-order chi connectivity index (χ0) is 23.0. The number of carbonyl (C=O) groups excluding carboxylic acids is 1. The monoisotopic (exact) mass is 444 g/mol. The number of aliphatic hydroxyl groups is 2. The number of rotatable bonds is 24. The Labute approximate surface area is 192 Å². The molecule has 0 aromatic rings. The van der Waals surface area contributed by atoms with Crippen molar-refractivity contribution in [3.63, 3.8) is 0 Å². The van der Waals surface area contributed by atoms with Crippen molar-refractivity contribution in [3.8, 4) is 0 Å². The first kappa shape index (κ1) is 30.4. The van der Waals surface area contributed by atoms with Crippen LogP contribution in [0, 0.1) is 0 Å². The molecule has 31 heavy (non-hydrogen) atoms. The van der Waals surface area contributed by atoms with Gasteiger partial charge in [-0.15, -0.1) is 0 Å². The number of esters is 1. The summed E-state index contributed by atoms with van der Waals surface area (Å²) in [5.74, 6) is -0.284.